The number of aliphatic hydroxyl groups is 2. The predicted octanol–water partition coefficient (Wildman–Crippen LogP) is -3.09. The fourth-order valence-electron chi connectivity index (χ4n) is 1.89. The van der Waals surface area contributed by atoms with Gasteiger partial charge in [-0.25, -0.2) is 9.36 Å². The molecule has 1 aliphatic rings. The van der Waals surface area contributed by atoms with Crippen molar-refractivity contribution in [2.24, 2.45) is 0 Å². The first-order valence-corrected chi connectivity index (χ1v) is 7.28. The molecule has 13 heteroatoms. The fourth-order valence-corrected chi connectivity index (χ4v) is 2.23. The van der Waals surface area contributed by atoms with E-state index in [1.807, 2.05) is 0 Å². The average Bonchev–Trinajstić information content (AvgIpc) is 2.64. The van der Waals surface area contributed by atoms with Gasteiger partial charge in [-0.3, -0.25) is 9.09 Å². The summed E-state index contributed by atoms with van der Waals surface area (Å²) in [6.45, 7) is -0.657. The molecular weight excluding hydrogens is 332 g/mol. The molecule has 4 atom stereocenters. The van der Waals surface area contributed by atoms with Gasteiger partial charge < -0.3 is 30.5 Å². The van der Waals surface area contributed by atoms with Crippen molar-refractivity contribution in [1.29, 1.82) is 0 Å². The number of phosphoric acid groups is 1. The molecule has 1 fully saturated rings. The standard InChI is InChI=1S/C9H14N3O8P.Na.H/c10-5-1-2-12(9(15)11-5)8-7(14)6(13)4(20-8)3-19-21(16,17)18;;/h1-2,4,6-8,13-14H,3H2,(H2,10,11,15)(H2,16,17,18);;/t4-,6?,7?,8-;;/m1../s1. The molecule has 1 aromatic heterocycles. The number of phosphoric ester groups is 1. The van der Waals surface area contributed by atoms with Gasteiger partial charge in [0.05, 0.1) is 6.61 Å². The van der Waals surface area contributed by atoms with Gasteiger partial charge in [-0.1, -0.05) is 0 Å². The van der Waals surface area contributed by atoms with Crippen molar-refractivity contribution in [3.05, 3.63) is 22.7 Å². The van der Waals surface area contributed by atoms with Gasteiger partial charge in [-0.2, -0.15) is 4.98 Å². The zero-order valence-corrected chi connectivity index (χ0v) is 11.4. The van der Waals surface area contributed by atoms with Crippen molar-refractivity contribution in [2.75, 3.05) is 12.3 Å². The molecule has 0 radical (unpaired) electrons. The second kappa shape index (κ2) is 7.49. The van der Waals surface area contributed by atoms with E-state index in [0.717, 1.165) is 4.57 Å². The van der Waals surface area contributed by atoms with E-state index in [9.17, 15) is 19.6 Å². The molecule has 2 rings (SSSR count). The molecule has 1 aliphatic heterocycles. The maximum absolute atomic E-state index is 11.6. The van der Waals surface area contributed by atoms with Gasteiger partial charge in [0.25, 0.3) is 0 Å². The number of hydrogen-bond acceptors (Lipinski definition) is 8. The summed E-state index contributed by atoms with van der Waals surface area (Å²) in [7, 11) is -4.74. The number of ether oxygens (including phenoxy) is 1. The van der Waals surface area contributed by atoms with E-state index >= 15 is 0 Å². The summed E-state index contributed by atoms with van der Waals surface area (Å²) in [5, 5.41) is 19.6. The van der Waals surface area contributed by atoms with Crippen LogP contribution in [0.5, 0.6) is 0 Å². The summed E-state index contributed by atoms with van der Waals surface area (Å²) >= 11 is 0. The summed E-state index contributed by atoms with van der Waals surface area (Å²) in [6, 6.07) is 1.29. The molecule has 0 aromatic carbocycles. The first-order valence-electron chi connectivity index (χ1n) is 5.75. The SMILES string of the molecule is Nc1ccn([C@@H]2O[C@H](COP(=O)(O)O)C(O)C2O)c(=O)n1.[NaH]. The van der Waals surface area contributed by atoms with E-state index in [2.05, 4.69) is 9.51 Å². The number of aliphatic hydroxyl groups excluding tert-OH is 2. The van der Waals surface area contributed by atoms with Gasteiger partial charge in [0, 0.05) is 6.20 Å². The number of nitrogen functional groups attached to an aromatic ring is 1. The molecule has 0 amide bonds. The van der Waals surface area contributed by atoms with Crippen LogP contribution in [-0.4, -0.2) is 84.0 Å². The van der Waals surface area contributed by atoms with E-state index in [4.69, 9.17) is 20.3 Å². The van der Waals surface area contributed by atoms with Gasteiger partial charge in [-0.15, -0.1) is 0 Å². The first kappa shape index (κ1) is 19.7. The van der Waals surface area contributed by atoms with Crippen LogP contribution in [0.1, 0.15) is 6.23 Å². The van der Waals surface area contributed by atoms with Crippen LogP contribution >= 0.6 is 7.82 Å². The summed E-state index contributed by atoms with van der Waals surface area (Å²) in [5.74, 6) is -0.0225. The molecule has 6 N–H and O–H groups in total. The molecule has 120 valence electrons. The third-order valence-electron chi connectivity index (χ3n) is 2.87. The molecule has 1 saturated heterocycles. The van der Waals surface area contributed by atoms with Crippen LogP contribution in [0.3, 0.4) is 0 Å². The molecule has 0 saturated carbocycles. The van der Waals surface area contributed by atoms with Crippen LogP contribution in [-0.2, 0) is 13.8 Å². The fraction of sp³-hybridized carbons (Fsp3) is 0.556. The van der Waals surface area contributed by atoms with E-state index < -0.39 is 44.7 Å². The van der Waals surface area contributed by atoms with Crippen LogP contribution < -0.4 is 11.4 Å². The molecule has 1 aromatic rings. The Morgan fingerprint density at radius 2 is 2.05 bits per heavy atom. The van der Waals surface area contributed by atoms with Crippen LogP contribution in [0.15, 0.2) is 17.1 Å². The monoisotopic (exact) mass is 347 g/mol. The normalized spacial score (nSPS) is 28.4. The van der Waals surface area contributed by atoms with Gasteiger partial charge in [-0.05, 0) is 6.07 Å². The number of hydrogen-bond donors (Lipinski definition) is 5. The second-order valence-corrected chi connectivity index (χ2v) is 5.61. The Kier molecular flexibility index (Phi) is 6.72. The number of rotatable bonds is 4. The number of nitrogens with two attached hydrogens (primary N) is 1. The van der Waals surface area contributed by atoms with Crippen molar-refractivity contribution in [2.45, 2.75) is 24.5 Å². The third kappa shape index (κ3) is 4.59. The van der Waals surface area contributed by atoms with E-state index in [0.29, 0.717) is 0 Å². The van der Waals surface area contributed by atoms with Crippen LogP contribution in [0.4, 0.5) is 5.82 Å². The van der Waals surface area contributed by atoms with Crippen molar-refractivity contribution in [3.8, 4) is 0 Å². The number of anilines is 1. The first-order chi connectivity index (χ1) is 9.69. The molecule has 22 heavy (non-hydrogen) atoms. The van der Waals surface area contributed by atoms with Crippen molar-refractivity contribution in [1.82, 2.24) is 9.55 Å². The van der Waals surface area contributed by atoms with Crippen LogP contribution in [0, 0.1) is 0 Å². The van der Waals surface area contributed by atoms with Gasteiger partial charge in [0.2, 0.25) is 0 Å². The Bertz CT molecular complexity index is 621. The van der Waals surface area contributed by atoms with E-state index in [1.165, 1.54) is 12.3 Å². The maximum atomic E-state index is 11.6. The minimum absolute atomic E-state index is 0. The van der Waals surface area contributed by atoms with Crippen molar-refractivity contribution >= 4 is 43.2 Å². The molecule has 2 heterocycles. The summed E-state index contributed by atoms with van der Waals surface area (Å²) in [6.07, 6.45) is -4.27. The Labute approximate surface area is 146 Å². The second-order valence-electron chi connectivity index (χ2n) is 4.37. The topological polar surface area (TPSA) is 177 Å². The van der Waals surface area contributed by atoms with Gasteiger partial charge >= 0.3 is 43.1 Å². The Balaban J connectivity index is 0.00000242. The quantitative estimate of drug-likeness (QED) is 0.277. The van der Waals surface area contributed by atoms with Gasteiger partial charge in [0.1, 0.15) is 24.1 Å². The molecule has 2 unspecified atom stereocenters. The number of aromatic nitrogens is 2. The number of nitrogens with zero attached hydrogens (tertiary/aromatic N) is 2. The molecule has 0 bridgehead atoms. The molecular formula is C9H15N3NaO8P. The zero-order chi connectivity index (χ0) is 15.8. The summed E-state index contributed by atoms with van der Waals surface area (Å²) in [4.78, 5) is 32.3. The van der Waals surface area contributed by atoms with E-state index in [1.54, 1.807) is 0 Å². The summed E-state index contributed by atoms with van der Waals surface area (Å²) in [5.41, 5.74) is 4.52. The van der Waals surface area contributed by atoms with Crippen molar-refractivity contribution < 1.29 is 33.8 Å². The molecule has 0 spiro atoms. The van der Waals surface area contributed by atoms with Crippen LogP contribution in [0.2, 0.25) is 0 Å². The molecule has 11 nitrogen and oxygen atoms in total. The molecule has 0 aliphatic carbocycles. The Morgan fingerprint density at radius 3 is 2.59 bits per heavy atom. The van der Waals surface area contributed by atoms with Crippen LogP contribution in [0.25, 0.3) is 0 Å². The average molecular weight is 347 g/mol. The minimum atomic E-state index is -4.74. The Hall–Kier alpha value is -0.330. The van der Waals surface area contributed by atoms with Gasteiger partial charge in [0.15, 0.2) is 6.23 Å². The predicted molar refractivity (Wildman–Crippen MR) is 74.0 cm³/mol. The Morgan fingerprint density at radius 1 is 1.41 bits per heavy atom. The van der Waals surface area contributed by atoms with E-state index in [-0.39, 0.29) is 35.4 Å². The summed E-state index contributed by atoms with van der Waals surface area (Å²) < 4.78 is 20.9. The zero-order valence-electron chi connectivity index (χ0n) is 10.5. The third-order valence-corrected chi connectivity index (χ3v) is 3.36. The van der Waals surface area contributed by atoms with Crippen molar-refractivity contribution in [3.63, 3.8) is 0 Å².